The summed E-state index contributed by atoms with van der Waals surface area (Å²) >= 11 is 0. The number of carbonyl (C=O) groups excluding carboxylic acids is 3. The molecule has 0 spiro atoms. The maximum Gasteiger partial charge on any atom is 0.322 e. The molecule has 136 valence electrons. The monoisotopic (exact) mass is 356 g/mol. The maximum absolute atomic E-state index is 12.1. The number of hydrogen-bond acceptors (Lipinski definition) is 5. The van der Waals surface area contributed by atoms with Crippen molar-refractivity contribution in [2.45, 2.75) is 25.8 Å². The molecule has 1 aliphatic heterocycles. The number of amides is 4. The lowest BCUT2D eigenvalue weighted by atomic mass is 10.1. The van der Waals surface area contributed by atoms with Crippen molar-refractivity contribution in [1.29, 1.82) is 0 Å². The van der Waals surface area contributed by atoms with Crippen molar-refractivity contribution in [3.05, 3.63) is 36.0 Å². The van der Waals surface area contributed by atoms with Crippen LogP contribution < -0.4 is 20.7 Å². The fraction of sp³-hybridized carbons (Fsp3) is 0.333. The van der Waals surface area contributed by atoms with Gasteiger partial charge in [-0.05, 0) is 25.5 Å². The van der Waals surface area contributed by atoms with Crippen molar-refractivity contribution in [2.24, 2.45) is 0 Å². The highest BCUT2D eigenvalue weighted by atomic mass is 16.5. The number of nitrogens with zero attached hydrogens (tertiary/aromatic N) is 1. The molecule has 8 nitrogen and oxygen atoms in total. The third-order valence-corrected chi connectivity index (χ3v) is 4.02. The molecule has 1 fully saturated rings. The molecule has 0 unspecified atom stereocenters. The average Bonchev–Trinajstić information content (AvgIpc) is 2.79. The Balaban J connectivity index is 1.53. The van der Waals surface area contributed by atoms with Crippen LogP contribution in [-0.2, 0) is 9.59 Å². The summed E-state index contributed by atoms with van der Waals surface area (Å²) < 4.78 is 5.74. The zero-order valence-electron chi connectivity index (χ0n) is 14.4. The molecule has 26 heavy (non-hydrogen) atoms. The van der Waals surface area contributed by atoms with Crippen LogP contribution in [0.1, 0.15) is 18.5 Å². The highest BCUT2D eigenvalue weighted by molar-refractivity contribution is 5.98. The second kappa shape index (κ2) is 7.81. The number of aryl methyl sites for hydroxylation is 1. The van der Waals surface area contributed by atoms with Crippen molar-refractivity contribution in [2.75, 3.05) is 13.2 Å². The van der Waals surface area contributed by atoms with Gasteiger partial charge in [0.15, 0.2) is 0 Å². The molecule has 0 bridgehead atoms. The summed E-state index contributed by atoms with van der Waals surface area (Å²) in [4.78, 5) is 39.3. The first-order valence-electron chi connectivity index (χ1n) is 8.40. The van der Waals surface area contributed by atoms with Gasteiger partial charge in [-0.15, -0.1) is 0 Å². The van der Waals surface area contributed by atoms with E-state index in [0.29, 0.717) is 5.75 Å². The van der Waals surface area contributed by atoms with E-state index < -0.39 is 12.1 Å². The molecule has 3 rings (SSSR count). The second-order valence-corrected chi connectivity index (χ2v) is 6.03. The highest BCUT2D eigenvalue weighted by Gasteiger charge is 2.25. The predicted molar refractivity (Wildman–Crippen MR) is 94.7 cm³/mol. The minimum atomic E-state index is -0.733. The number of imide groups is 1. The number of hydrogen-bond donors (Lipinski definition) is 3. The van der Waals surface area contributed by atoms with Crippen LogP contribution >= 0.6 is 0 Å². The van der Waals surface area contributed by atoms with Crippen molar-refractivity contribution in [3.8, 4) is 5.75 Å². The van der Waals surface area contributed by atoms with Crippen molar-refractivity contribution in [1.82, 2.24) is 20.9 Å². The molecule has 1 saturated heterocycles. The van der Waals surface area contributed by atoms with E-state index in [1.54, 1.807) is 0 Å². The Hall–Kier alpha value is -3.16. The van der Waals surface area contributed by atoms with Crippen LogP contribution in [0.25, 0.3) is 10.9 Å². The fourth-order valence-corrected chi connectivity index (χ4v) is 2.72. The lowest BCUT2D eigenvalue weighted by Crippen LogP contribution is -2.48. The molecule has 2 aromatic rings. The maximum atomic E-state index is 12.1. The number of carbonyl (C=O) groups is 3. The van der Waals surface area contributed by atoms with E-state index >= 15 is 0 Å². The molecular formula is C18H20N4O4. The molecule has 1 aromatic heterocycles. The third kappa shape index (κ3) is 4.27. The van der Waals surface area contributed by atoms with Gasteiger partial charge in [-0.3, -0.25) is 14.9 Å². The number of nitrogens with one attached hydrogen (secondary N) is 3. The number of pyridine rings is 1. The van der Waals surface area contributed by atoms with E-state index in [4.69, 9.17) is 4.74 Å². The second-order valence-electron chi connectivity index (χ2n) is 6.03. The molecule has 1 aromatic carbocycles. The van der Waals surface area contributed by atoms with E-state index in [1.165, 1.54) is 0 Å². The van der Waals surface area contributed by atoms with E-state index in [9.17, 15) is 14.4 Å². The van der Waals surface area contributed by atoms with Gasteiger partial charge in [-0.25, -0.2) is 9.78 Å². The average molecular weight is 356 g/mol. The minimum absolute atomic E-state index is 0.119. The number of aromatic nitrogens is 1. The third-order valence-electron chi connectivity index (χ3n) is 4.02. The molecule has 0 saturated carbocycles. The summed E-state index contributed by atoms with van der Waals surface area (Å²) in [7, 11) is 0. The number of benzene rings is 1. The number of urea groups is 1. The van der Waals surface area contributed by atoms with Gasteiger partial charge in [0.2, 0.25) is 11.8 Å². The Kier molecular flexibility index (Phi) is 5.31. The fourth-order valence-electron chi connectivity index (χ4n) is 2.72. The van der Waals surface area contributed by atoms with Crippen LogP contribution in [0.15, 0.2) is 30.3 Å². The van der Waals surface area contributed by atoms with E-state index in [2.05, 4.69) is 20.9 Å². The number of ether oxygens (including phenoxy) is 1. The zero-order chi connectivity index (χ0) is 18.5. The van der Waals surface area contributed by atoms with Crippen LogP contribution in [0, 0.1) is 6.92 Å². The lowest BCUT2D eigenvalue weighted by Gasteiger charge is -2.15. The van der Waals surface area contributed by atoms with Gasteiger partial charge in [-0.2, -0.15) is 0 Å². The Morgan fingerprint density at radius 1 is 1.31 bits per heavy atom. The standard InChI is InChI=1S/C18H20N4O4/c1-11-5-6-12-3-2-4-14(16(12)20-11)26-10-9-19-17(24)13-7-8-15(23)22-18(25)21-13/h2-6,13H,7-10H2,1H3,(H,19,24)(H2,21,22,23,25)/t13-/m0/s1. The first-order chi connectivity index (χ1) is 12.5. The molecule has 3 N–H and O–H groups in total. The van der Waals surface area contributed by atoms with Crippen LogP contribution in [0.4, 0.5) is 4.79 Å². The lowest BCUT2D eigenvalue weighted by molar-refractivity contribution is -0.123. The summed E-state index contributed by atoms with van der Waals surface area (Å²) in [5.74, 6) is -0.0803. The van der Waals surface area contributed by atoms with E-state index in [1.807, 2.05) is 37.3 Å². The molecule has 0 radical (unpaired) electrons. The van der Waals surface area contributed by atoms with Gasteiger partial charge >= 0.3 is 6.03 Å². The van der Waals surface area contributed by atoms with Crippen LogP contribution in [-0.4, -0.2) is 42.0 Å². The van der Waals surface area contributed by atoms with Gasteiger partial charge in [-0.1, -0.05) is 18.2 Å². The normalized spacial score (nSPS) is 17.2. The highest BCUT2D eigenvalue weighted by Crippen LogP contribution is 2.23. The van der Waals surface area contributed by atoms with Crippen LogP contribution in [0.2, 0.25) is 0 Å². The minimum Gasteiger partial charge on any atom is -0.489 e. The molecule has 0 aliphatic carbocycles. The molecule has 8 heteroatoms. The largest absolute Gasteiger partial charge is 0.489 e. The van der Waals surface area contributed by atoms with Gasteiger partial charge < -0.3 is 15.4 Å². The summed E-state index contributed by atoms with van der Waals surface area (Å²) in [5.41, 5.74) is 1.67. The summed E-state index contributed by atoms with van der Waals surface area (Å²) in [6.45, 7) is 2.45. The summed E-state index contributed by atoms with van der Waals surface area (Å²) in [5, 5.41) is 8.29. The molecular weight excluding hydrogens is 336 g/mol. The molecule has 4 amide bonds. The zero-order valence-corrected chi connectivity index (χ0v) is 14.4. The van der Waals surface area contributed by atoms with Crippen LogP contribution in [0.5, 0.6) is 5.75 Å². The molecule has 1 atom stereocenters. The predicted octanol–water partition coefficient (Wildman–Crippen LogP) is 1.03. The quantitative estimate of drug-likeness (QED) is 0.693. The number of para-hydroxylation sites is 1. The van der Waals surface area contributed by atoms with E-state index in [-0.39, 0.29) is 37.8 Å². The topological polar surface area (TPSA) is 109 Å². The Bertz CT molecular complexity index is 852. The van der Waals surface area contributed by atoms with Gasteiger partial charge in [0, 0.05) is 17.5 Å². The number of rotatable bonds is 5. The van der Waals surface area contributed by atoms with Crippen molar-refractivity contribution in [3.63, 3.8) is 0 Å². The SMILES string of the molecule is Cc1ccc2cccc(OCCNC(=O)[C@@H]3CCC(=O)NC(=O)N3)c2n1. The molecule has 1 aliphatic rings. The Labute approximate surface area is 150 Å². The van der Waals surface area contributed by atoms with Crippen molar-refractivity contribution < 1.29 is 19.1 Å². The van der Waals surface area contributed by atoms with E-state index in [0.717, 1.165) is 16.6 Å². The number of fused-ring (bicyclic) bond motifs is 1. The first-order valence-corrected chi connectivity index (χ1v) is 8.40. The first kappa shape index (κ1) is 17.7. The van der Waals surface area contributed by atoms with Gasteiger partial charge in [0.25, 0.3) is 0 Å². The molecule has 2 heterocycles. The van der Waals surface area contributed by atoms with Gasteiger partial charge in [0.05, 0.1) is 6.54 Å². The Morgan fingerprint density at radius 2 is 2.15 bits per heavy atom. The summed E-state index contributed by atoms with van der Waals surface area (Å²) in [6, 6.07) is 8.21. The van der Waals surface area contributed by atoms with Crippen molar-refractivity contribution >= 4 is 28.7 Å². The summed E-state index contributed by atoms with van der Waals surface area (Å²) in [6.07, 6.45) is 0.380. The van der Waals surface area contributed by atoms with Crippen LogP contribution in [0.3, 0.4) is 0 Å². The smallest absolute Gasteiger partial charge is 0.322 e. The van der Waals surface area contributed by atoms with Gasteiger partial charge in [0.1, 0.15) is 23.9 Å². The Morgan fingerprint density at radius 3 is 3.00 bits per heavy atom.